The Morgan fingerprint density at radius 1 is 1.15 bits per heavy atom. The molecule has 0 aliphatic carbocycles. The zero-order valence-electron chi connectivity index (χ0n) is 15.0. The average molecular weight is 351 g/mol. The number of ketones is 1. The molecule has 5 heteroatoms. The summed E-state index contributed by atoms with van der Waals surface area (Å²) in [4.78, 5) is 16.0. The van der Waals surface area contributed by atoms with Gasteiger partial charge in [-0.1, -0.05) is 12.1 Å². The van der Waals surface area contributed by atoms with Crippen LogP contribution in [-0.4, -0.2) is 23.0 Å². The van der Waals surface area contributed by atoms with E-state index in [2.05, 4.69) is 4.98 Å². The maximum atomic E-state index is 11.7. The lowest BCUT2D eigenvalue weighted by atomic mass is 10.0. The summed E-state index contributed by atoms with van der Waals surface area (Å²) >= 11 is 0. The van der Waals surface area contributed by atoms with Gasteiger partial charge in [0.2, 0.25) is 0 Å². The van der Waals surface area contributed by atoms with Gasteiger partial charge in [-0.15, -0.1) is 0 Å². The number of aromatic nitrogens is 1. The van der Waals surface area contributed by atoms with Gasteiger partial charge in [0.1, 0.15) is 23.8 Å². The van der Waals surface area contributed by atoms with Crippen molar-refractivity contribution in [3.05, 3.63) is 65.4 Å². The van der Waals surface area contributed by atoms with Crippen molar-refractivity contribution >= 4 is 16.7 Å². The van der Waals surface area contributed by atoms with Crippen LogP contribution in [0.1, 0.15) is 41.6 Å². The molecule has 5 nitrogen and oxygen atoms in total. The molecule has 0 aliphatic heterocycles. The Labute approximate surface area is 152 Å². The third-order valence-electron chi connectivity index (χ3n) is 4.16. The molecule has 3 rings (SSSR count). The van der Waals surface area contributed by atoms with E-state index in [9.17, 15) is 9.90 Å². The number of pyridine rings is 1. The van der Waals surface area contributed by atoms with Crippen molar-refractivity contribution in [3.8, 4) is 11.5 Å². The number of methoxy groups -OCH3 is 1. The first kappa shape index (κ1) is 17.9. The number of Topliss-reactive ketones (excluding diaryl/α,β-unsaturated/α-hetero) is 1. The van der Waals surface area contributed by atoms with E-state index in [4.69, 9.17) is 9.47 Å². The second-order valence-electron chi connectivity index (χ2n) is 6.15. The number of aliphatic hydroxyl groups excluding tert-OH is 1. The molecule has 1 atom stereocenters. The average Bonchev–Trinajstić information content (AvgIpc) is 2.65. The molecule has 26 heavy (non-hydrogen) atoms. The lowest BCUT2D eigenvalue weighted by molar-refractivity contribution is 0.101. The molecule has 2 aromatic carbocycles. The summed E-state index contributed by atoms with van der Waals surface area (Å²) < 4.78 is 11.1. The van der Waals surface area contributed by atoms with Crippen LogP contribution in [-0.2, 0) is 6.61 Å². The number of benzene rings is 2. The highest BCUT2D eigenvalue weighted by Crippen LogP contribution is 2.28. The highest BCUT2D eigenvalue weighted by Gasteiger charge is 2.13. The number of hydrogen-bond acceptors (Lipinski definition) is 5. The fourth-order valence-electron chi connectivity index (χ4n) is 2.78. The number of rotatable bonds is 6. The minimum atomic E-state index is -0.716. The first-order valence-corrected chi connectivity index (χ1v) is 8.37. The van der Waals surface area contributed by atoms with E-state index >= 15 is 0 Å². The van der Waals surface area contributed by atoms with Crippen LogP contribution in [0.3, 0.4) is 0 Å². The largest absolute Gasteiger partial charge is 0.497 e. The summed E-state index contributed by atoms with van der Waals surface area (Å²) in [5.74, 6) is 1.31. The van der Waals surface area contributed by atoms with Crippen molar-refractivity contribution in [2.24, 2.45) is 0 Å². The first-order valence-electron chi connectivity index (χ1n) is 8.37. The zero-order valence-corrected chi connectivity index (χ0v) is 15.0. The topological polar surface area (TPSA) is 68.7 Å². The lowest BCUT2D eigenvalue weighted by Gasteiger charge is -2.13. The molecule has 0 spiro atoms. The van der Waals surface area contributed by atoms with Gasteiger partial charge in [-0.3, -0.25) is 4.79 Å². The molecule has 0 amide bonds. The van der Waals surface area contributed by atoms with Crippen LogP contribution < -0.4 is 9.47 Å². The minimum Gasteiger partial charge on any atom is -0.497 e. The molecule has 0 fully saturated rings. The van der Waals surface area contributed by atoms with Gasteiger partial charge >= 0.3 is 0 Å². The monoisotopic (exact) mass is 351 g/mol. The quantitative estimate of drug-likeness (QED) is 0.678. The number of fused-ring (bicyclic) bond motifs is 1. The van der Waals surface area contributed by atoms with Gasteiger partial charge in [-0.2, -0.15) is 0 Å². The van der Waals surface area contributed by atoms with E-state index in [0.29, 0.717) is 29.1 Å². The third-order valence-corrected chi connectivity index (χ3v) is 4.16. The van der Waals surface area contributed by atoms with Crippen LogP contribution in [0.15, 0.2) is 48.5 Å². The second-order valence-corrected chi connectivity index (χ2v) is 6.15. The summed E-state index contributed by atoms with van der Waals surface area (Å²) in [7, 11) is 1.63. The van der Waals surface area contributed by atoms with Crippen molar-refractivity contribution in [1.29, 1.82) is 0 Å². The molecule has 0 saturated heterocycles. The molecule has 0 aliphatic rings. The van der Waals surface area contributed by atoms with Gasteiger partial charge in [0.15, 0.2) is 5.78 Å². The second kappa shape index (κ2) is 7.54. The fraction of sp³-hybridized carbons (Fsp3) is 0.238. The van der Waals surface area contributed by atoms with Crippen molar-refractivity contribution in [3.63, 3.8) is 0 Å². The van der Waals surface area contributed by atoms with Gasteiger partial charge < -0.3 is 14.6 Å². The standard InChI is InChI=1S/C21H21NO4/c1-13(23)18-11-21(14(2)24)22-20-8-7-17(10-19(18)20)26-12-15-5-4-6-16(9-15)25-3/h4-11,13,23H,12H2,1-3H3. The Kier molecular flexibility index (Phi) is 5.19. The maximum absolute atomic E-state index is 11.7. The van der Waals surface area contributed by atoms with E-state index < -0.39 is 6.10 Å². The van der Waals surface area contributed by atoms with Crippen molar-refractivity contribution in [2.75, 3.05) is 7.11 Å². The van der Waals surface area contributed by atoms with Gasteiger partial charge in [0, 0.05) is 12.3 Å². The molecular weight excluding hydrogens is 330 g/mol. The Morgan fingerprint density at radius 3 is 2.65 bits per heavy atom. The Bertz CT molecular complexity index is 950. The Balaban J connectivity index is 1.91. The van der Waals surface area contributed by atoms with E-state index in [1.165, 1.54) is 6.92 Å². The van der Waals surface area contributed by atoms with Crippen LogP contribution in [0, 0.1) is 0 Å². The highest BCUT2D eigenvalue weighted by molar-refractivity contribution is 5.96. The normalized spacial score (nSPS) is 12.0. The first-order chi connectivity index (χ1) is 12.5. The summed E-state index contributed by atoms with van der Waals surface area (Å²) in [6.45, 7) is 3.53. The van der Waals surface area contributed by atoms with Gasteiger partial charge in [0.05, 0.1) is 18.7 Å². The summed E-state index contributed by atoms with van der Waals surface area (Å²) in [5, 5.41) is 10.9. The number of hydrogen-bond donors (Lipinski definition) is 1. The molecule has 0 saturated carbocycles. The molecule has 1 unspecified atom stereocenters. The van der Waals surface area contributed by atoms with Crippen LogP contribution in [0.4, 0.5) is 0 Å². The van der Waals surface area contributed by atoms with Gasteiger partial charge in [-0.05, 0) is 54.4 Å². The van der Waals surface area contributed by atoms with E-state index in [-0.39, 0.29) is 5.78 Å². The predicted octanol–water partition coefficient (Wildman–Crippen LogP) is 4.08. The van der Waals surface area contributed by atoms with Gasteiger partial charge in [0.25, 0.3) is 0 Å². The van der Waals surface area contributed by atoms with Gasteiger partial charge in [-0.25, -0.2) is 4.98 Å². The molecule has 134 valence electrons. The highest BCUT2D eigenvalue weighted by atomic mass is 16.5. The minimum absolute atomic E-state index is 0.132. The molecule has 3 aromatic rings. The number of carbonyl (C=O) groups is 1. The number of aliphatic hydroxyl groups is 1. The summed E-state index contributed by atoms with van der Waals surface area (Å²) in [5.41, 5.74) is 2.65. The number of ether oxygens (including phenoxy) is 2. The smallest absolute Gasteiger partial charge is 0.178 e. The summed E-state index contributed by atoms with van der Waals surface area (Å²) in [6.07, 6.45) is -0.716. The SMILES string of the molecule is COc1cccc(COc2ccc3nc(C(C)=O)cc(C(C)O)c3c2)c1. The van der Waals surface area contributed by atoms with Crippen LogP contribution in [0.2, 0.25) is 0 Å². The molecule has 0 bridgehead atoms. The number of carbonyl (C=O) groups excluding carboxylic acids is 1. The molecule has 1 heterocycles. The zero-order chi connectivity index (χ0) is 18.7. The summed E-state index contributed by atoms with van der Waals surface area (Å²) in [6, 6.07) is 14.8. The van der Waals surface area contributed by atoms with E-state index in [1.54, 1.807) is 26.2 Å². The molecular formula is C21H21NO4. The number of nitrogens with zero attached hydrogens (tertiary/aromatic N) is 1. The predicted molar refractivity (Wildman–Crippen MR) is 99.7 cm³/mol. The van der Waals surface area contributed by atoms with Crippen molar-refractivity contribution < 1.29 is 19.4 Å². The van der Waals surface area contributed by atoms with Crippen LogP contribution in [0.5, 0.6) is 11.5 Å². The van der Waals surface area contributed by atoms with Crippen LogP contribution in [0.25, 0.3) is 10.9 Å². The maximum Gasteiger partial charge on any atom is 0.178 e. The van der Waals surface area contributed by atoms with Crippen molar-refractivity contribution in [1.82, 2.24) is 4.98 Å². The fourth-order valence-corrected chi connectivity index (χ4v) is 2.78. The third kappa shape index (κ3) is 3.83. The van der Waals surface area contributed by atoms with E-state index in [0.717, 1.165) is 16.7 Å². The Morgan fingerprint density at radius 2 is 1.96 bits per heavy atom. The lowest BCUT2D eigenvalue weighted by Crippen LogP contribution is -2.03. The molecule has 1 N–H and O–H groups in total. The van der Waals surface area contributed by atoms with E-state index in [1.807, 2.05) is 36.4 Å². The molecule has 0 radical (unpaired) electrons. The Hall–Kier alpha value is -2.92. The van der Waals surface area contributed by atoms with Crippen LogP contribution >= 0.6 is 0 Å². The van der Waals surface area contributed by atoms with Crippen molar-refractivity contribution in [2.45, 2.75) is 26.6 Å². The molecule has 1 aromatic heterocycles.